The normalized spacial score (nSPS) is 23.8. The third-order valence-corrected chi connectivity index (χ3v) is 6.00. The molecule has 2 aliphatic rings. The summed E-state index contributed by atoms with van der Waals surface area (Å²) < 4.78 is 5.41. The zero-order valence-electron chi connectivity index (χ0n) is 16.1. The molecule has 1 aliphatic heterocycles. The third kappa shape index (κ3) is 3.49. The largest absolute Gasteiger partial charge is 0.496 e. The fourth-order valence-corrected chi connectivity index (χ4v) is 4.69. The van der Waals surface area contributed by atoms with Crippen LogP contribution in [0.3, 0.4) is 0 Å². The van der Waals surface area contributed by atoms with Gasteiger partial charge in [0.1, 0.15) is 11.8 Å². The topological polar surface area (TPSA) is 58.6 Å². The van der Waals surface area contributed by atoms with Gasteiger partial charge < -0.3 is 15.0 Å². The first-order chi connectivity index (χ1) is 13.7. The maximum Gasteiger partial charge on any atom is 0.258 e. The summed E-state index contributed by atoms with van der Waals surface area (Å²) in [6.07, 6.45) is 5.04. The second-order valence-electron chi connectivity index (χ2n) is 7.63. The number of nitrogens with zero attached hydrogens (tertiary/aromatic N) is 1. The van der Waals surface area contributed by atoms with Gasteiger partial charge >= 0.3 is 0 Å². The first-order valence-electron chi connectivity index (χ1n) is 10.0. The van der Waals surface area contributed by atoms with Crippen LogP contribution in [-0.2, 0) is 4.79 Å². The number of carbonyl (C=O) groups excluding carboxylic acids is 2. The Morgan fingerprint density at radius 2 is 1.71 bits per heavy atom. The highest BCUT2D eigenvalue weighted by Crippen LogP contribution is 2.41. The van der Waals surface area contributed by atoms with Gasteiger partial charge in [0.15, 0.2) is 0 Å². The highest BCUT2D eigenvalue weighted by Gasteiger charge is 2.47. The zero-order valence-corrected chi connectivity index (χ0v) is 16.1. The fourth-order valence-electron chi connectivity index (χ4n) is 4.69. The first kappa shape index (κ1) is 18.5. The van der Waals surface area contributed by atoms with E-state index in [-0.39, 0.29) is 17.9 Å². The molecule has 0 spiro atoms. The Labute approximate surface area is 165 Å². The summed E-state index contributed by atoms with van der Waals surface area (Å²) in [5.74, 6) is 0.719. The number of ether oxygens (including phenoxy) is 1. The van der Waals surface area contributed by atoms with Crippen LogP contribution in [0.15, 0.2) is 54.6 Å². The predicted octanol–water partition coefficient (Wildman–Crippen LogP) is 4.11. The van der Waals surface area contributed by atoms with Gasteiger partial charge in [-0.25, -0.2) is 0 Å². The average molecular weight is 378 g/mol. The van der Waals surface area contributed by atoms with Crippen molar-refractivity contribution in [3.05, 3.63) is 60.2 Å². The lowest BCUT2D eigenvalue weighted by Gasteiger charge is -2.34. The number of carbonyl (C=O) groups is 2. The third-order valence-electron chi connectivity index (χ3n) is 6.00. The van der Waals surface area contributed by atoms with Crippen molar-refractivity contribution in [2.45, 2.75) is 44.2 Å². The van der Waals surface area contributed by atoms with Crippen LogP contribution in [0.5, 0.6) is 5.75 Å². The number of amides is 2. The lowest BCUT2D eigenvalue weighted by molar-refractivity contribution is -0.120. The van der Waals surface area contributed by atoms with E-state index in [2.05, 4.69) is 5.32 Å². The van der Waals surface area contributed by atoms with Crippen LogP contribution >= 0.6 is 0 Å². The van der Waals surface area contributed by atoms with Gasteiger partial charge in [0.05, 0.1) is 12.7 Å². The van der Waals surface area contributed by atoms with E-state index < -0.39 is 6.04 Å². The lowest BCUT2D eigenvalue weighted by atomic mass is 9.84. The van der Waals surface area contributed by atoms with E-state index in [1.165, 1.54) is 6.42 Å². The van der Waals surface area contributed by atoms with E-state index in [4.69, 9.17) is 4.74 Å². The monoisotopic (exact) mass is 378 g/mol. The molecule has 146 valence electrons. The lowest BCUT2D eigenvalue weighted by Crippen LogP contribution is -2.47. The average Bonchev–Trinajstić information content (AvgIpc) is 3.13. The van der Waals surface area contributed by atoms with E-state index in [1.54, 1.807) is 19.2 Å². The number of likely N-dealkylation sites (tertiary alicyclic amines) is 1. The van der Waals surface area contributed by atoms with Crippen LogP contribution in [0.1, 0.15) is 42.5 Å². The SMILES string of the molecule is COc1ccccc1C(=O)N1[C@@H]2CCCC[C@@H]2C[C@H]1C(=O)Nc1ccccc1. The molecule has 1 N–H and O–H groups in total. The number of hydrogen-bond acceptors (Lipinski definition) is 3. The fraction of sp³-hybridized carbons (Fsp3) is 0.391. The molecule has 4 rings (SSSR count). The minimum Gasteiger partial charge on any atom is -0.496 e. The molecule has 2 aromatic rings. The summed E-state index contributed by atoms with van der Waals surface area (Å²) in [5, 5.41) is 2.99. The second kappa shape index (κ2) is 8.05. The van der Waals surface area contributed by atoms with Crippen molar-refractivity contribution in [1.29, 1.82) is 0 Å². The van der Waals surface area contributed by atoms with E-state index in [1.807, 2.05) is 47.4 Å². The van der Waals surface area contributed by atoms with E-state index in [9.17, 15) is 9.59 Å². The van der Waals surface area contributed by atoms with Crippen LogP contribution in [0, 0.1) is 5.92 Å². The molecule has 1 saturated carbocycles. The predicted molar refractivity (Wildman–Crippen MR) is 108 cm³/mol. The Morgan fingerprint density at radius 3 is 2.50 bits per heavy atom. The number of fused-ring (bicyclic) bond motifs is 1. The standard InChI is InChI=1S/C23H26N2O3/c1-28-21-14-8-6-12-18(21)23(27)25-19-13-7-5-9-16(19)15-20(25)22(26)24-17-10-3-2-4-11-17/h2-4,6,8,10-12,14,16,19-20H,5,7,9,13,15H2,1H3,(H,24,26)/t16-,19-,20+/m1/s1. The van der Waals surface area contributed by atoms with Crippen LogP contribution in [0.2, 0.25) is 0 Å². The minimum absolute atomic E-state index is 0.108. The molecular weight excluding hydrogens is 352 g/mol. The molecule has 2 amide bonds. The minimum atomic E-state index is -0.453. The summed E-state index contributed by atoms with van der Waals surface area (Å²) in [6, 6.07) is 16.4. The number of rotatable bonds is 4. The van der Waals surface area contributed by atoms with Crippen molar-refractivity contribution in [3.63, 3.8) is 0 Å². The van der Waals surface area contributed by atoms with Crippen LogP contribution < -0.4 is 10.1 Å². The number of para-hydroxylation sites is 2. The quantitative estimate of drug-likeness (QED) is 0.871. The molecule has 2 fully saturated rings. The molecule has 5 heteroatoms. The number of nitrogens with one attached hydrogen (secondary N) is 1. The van der Waals surface area contributed by atoms with Crippen LogP contribution in [0.4, 0.5) is 5.69 Å². The molecule has 0 bridgehead atoms. The first-order valence-corrected chi connectivity index (χ1v) is 10.0. The molecule has 2 aromatic carbocycles. The van der Waals surface area contributed by atoms with Gasteiger partial charge in [0.25, 0.3) is 5.91 Å². The van der Waals surface area contributed by atoms with Crippen molar-refractivity contribution in [1.82, 2.24) is 4.90 Å². The van der Waals surface area contributed by atoms with Crippen molar-refractivity contribution in [3.8, 4) is 5.75 Å². The Morgan fingerprint density at radius 1 is 1.00 bits per heavy atom. The summed E-state index contributed by atoms with van der Waals surface area (Å²) in [5.41, 5.74) is 1.28. The van der Waals surface area contributed by atoms with Crippen LogP contribution in [-0.4, -0.2) is 35.9 Å². The maximum absolute atomic E-state index is 13.5. The van der Waals surface area contributed by atoms with Gasteiger partial charge in [-0.3, -0.25) is 9.59 Å². The molecule has 1 heterocycles. The van der Waals surface area contributed by atoms with E-state index in [0.29, 0.717) is 17.2 Å². The maximum atomic E-state index is 13.5. The van der Waals surface area contributed by atoms with Crippen molar-refractivity contribution in [2.75, 3.05) is 12.4 Å². The Kier molecular flexibility index (Phi) is 5.33. The molecule has 3 atom stereocenters. The van der Waals surface area contributed by atoms with E-state index in [0.717, 1.165) is 31.4 Å². The molecule has 1 saturated heterocycles. The number of anilines is 1. The Hall–Kier alpha value is -2.82. The summed E-state index contributed by atoms with van der Waals surface area (Å²) in [6.45, 7) is 0. The molecular formula is C23H26N2O3. The number of benzene rings is 2. The van der Waals surface area contributed by atoms with Gasteiger partial charge in [-0.2, -0.15) is 0 Å². The Bertz CT molecular complexity index is 852. The Balaban J connectivity index is 1.64. The van der Waals surface area contributed by atoms with Gasteiger partial charge in [-0.15, -0.1) is 0 Å². The van der Waals surface area contributed by atoms with Crippen molar-refractivity contribution >= 4 is 17.5 Å². The van der Waals surface area contributed by atoms with Gasteiger partial charge in [0, 0.05) is 11.7 Å². The molecule has 28 heavy (non-hydrogen) atoms. The summed E-state index contributed by atoms with van der Waals surface area (Å²) >= 11 is 0. The molecule has 0 radical (unpaired) electrons. The molecule has 0 unspecified atom stereocenters. The smallest absolute Gasteiger partial charge is 0.258 e. The highest BCUT2D eigenvalue weighted by atomic mass is 16.5. The van der Waals surface area contributed by atoms with Crippen LogP contribution in [0.25, 0.3) is 0 Å². The molecule has 5 nitrogen and oxygen atoms in total. The second-order valence-corrected chi connectivity index (χ2v) is 7.63. The zero-order chi connectivity index (χ0) is 19.5. The van der Waals surface area contributed by atoms with Gasteiger partial charge in [-0.05, 0) is 49.4 Å². The van der Waals surface area contributed by atoms with E-state index >= 15 is 0 Å². The molecule has 0 aromatic heterocycles. The summed E-state index contributed by atoms with van der Waals surface area (Å²) in [4.78, 5) is 28.5. The summed E-state index contributed by atoms with van der Waals surface area (Å²) in [7, 11) is 1.57. The van der Waals surface area contributed by atoms with Crippen molar-refractivity contribution < 1.29 is 14.3 Å². The van der Waals surface area contributed by atoms with Gasteiger partial charge in [0.2, 0.25) is 5.91 Å². The highest BCUT2D eigenvalue weighted by molar-refractivity contribution is 6.03. The molecule has 1 aliphatic carbocycles. The number of hydrogen-bond donors (Lipinski definition) is 1. The van der Waals surface area contributed by atoms with Gasteiger partial charge in [-0.1, -0.05) is 43.2 Å². The van der Waals surface area contributed by atoms with Crippen molar-refractivity contribution in [2.24, 2.45) is 5.92 Å². The number of methoxy groups -OCH3 is 1.